The Balaban J connectivity index is 2.89. The van der Waals surface area contributed by atoms with Gasteiger partial charge in [-0.2, -0.15) is 0 Å². The number of hydrogen-bond acceptors (Lipinski definition) is 1. The SMILES string of the molecule is CN(C)C(=O)C=Cc1cc(Br)ccc1F. The summed E-state index contributed by atoms with van der Waals surface area (Å²) < 4.78 is 14.0. The number of amides is 1. The van der Waals surface area contributed by atoms with Gasteiger partial charge in [0.25, 0.3) is 0 Å². The van der Waals surface area contributed by atoms with Gasteiger partial charge >= 0.3 is 0 Å². The first kappa shape index (κ1) is 11.9. The number of carbonyl (C=O) groups is 1. The van der Waals surface area contributed by atoms with E-state index in [1.807, 2.05) is 0 Å². The predicted octanol–water partition coefficient (Wildman–Crippen LogP) is 2.69. The Morgan fingerprint density at radius 1 is 1.47 bits per heavy atom. The zero-order chi connectivity index (χ0) is 11.4. The van der Waals surface area contributed by atoms with Crippen molar-refractivity contribution in [3.05, 3.63) is 40.1 Å². The molecule has 0 aliphatic heterocycles. The lowest BCUT2D eigenvalue weighted by atomic mass is 10.2. The van der Waals surface area contributed by atoms with Crippen molar-refractivity contribution in [1.82, 2.24) is 4.90 Å². The van der Waals surface area contributed by atoms with Crippen LogP contribution < -0.4 is 0 Å². The van der Waals surface area contributed by atoms with Crippen LogP contribution in [0.5, 0.6) is 0 Å². The van der Waals surface area contributed by atoms with Gasteiger partial charge in [0.05, 0.1) is 0 Å². The van der Waals surface area contributed by atoms with Crippen molar-refractivity contribution in [3.8, 4) is 0 Å². The van der Waals surface area contributed by atoms with Gasteiger partial charge in [-0.3, -0.25) is 4.79 Å². The average molecular weight is 272 g/mol. The van der Waals surface area contributed by atoms with Gasteiger partial charge in [-0.05, 0) is 24.3 Å². The van der Waals surface area contributed by atoms with E-state index in [1.165, 1.54) is 23.1 Å². The molecule has 0 aliphatic carbocycles. The van der Waals surface area contributed by atoms with Crippen molar-refractivity contribution >= 4 is 27.9 Å². The van der Waals surface area contributed by atoms with Crippen LogP contribution in [0.15, 0.2) is 28.7 Å². The van der Waals surface area contributed by atoms with E-state index in [9.17, 15) is 9.18 Å². The maximum atomic E-state index is 13.2. The van der Waals surface area contributed by atoms with Crippen LogP contribution in [0.4, 0.5) is 4.39 Å². The van der Waals surface area contributed by atoms with E-state index >= 15 is 0 Å². The van der Waals surface area contributed by atoms with E-state index in [2.05, 4.69) is 15.9 Å². The molecule has 0 aliphatic rings. The molecule has 1 amide bonds. The van der Waals surface area contributed by atoms with E-state index in [4.69, 9.17) is 0 Å². The Morgan fingerprint density at radius 3 is 2.73 bits per heavy atom. The van der Waals surface area contributed by atoms with Crippen LogP contribution >= 0.6 is 15.9 Å². The highest BCUT2D eigenvalue weighted by Crippen LogP contribution is 2.16. The molecule has 0 saturated carbocycles. The van der Waals surface area contributed by atoms with Crippen LogP contribution in [-0.2, 0) is 4.79 Å². The first-order valence-electron chi connectivity index (χ1n) is 4.35. The zero-order valence-corrected chi connectivity index (χ0v) is 10.1. The molecule has 0 heterocycles. The van der Waals surface area contributed by atoms with E-state index < -0.39 is 0 Å². The molecule has 0 bridgehead atoms. The van der Waals surface area contributed by atoms with Crippen molar-refractivity contribution in [1.29, 1.82) is 0 Å². The molecule has 0 unspecified atom stereocenters. The Kier molecular flexibility index (Phi) is 4.03. The highest BCUT2D eigenvalue weighted by molar-refractivity contribution is 9.10. The summed E-state index contributed by atoms with van der Waals surface area (Å²) in [4.78, 5) is 12.6. The number of carbonyl (C=O) groups excluding carboxylic acids is 1. The molecule has 2 nitrogen and oxygen atoms in total. The smallest absolute Gasteiger partial charge is 0.246 e. The molecule has 1 rings (SSSR count). The highest BCUT2D eigenvalue weighted by Gasteiger charge is 2.01. The lowest BCUT2D eigenvalue weighted by Gasteiger charge is -2.05. The third-order valence-corrected chi connectivity index (χ3v) is 2.30. The molecule has 0 saturated heterocycles. The summed E-state index contributed by atoms with van der Waals surface area (Å²) in [6.45, 7) is 0. The minimum absolute atomic E-state index is 0.172. The van der Waals surface area contributed by atoms with Crippen LogP contribution in [0.25, 0.3) is 6.08 Å². The van der Waals surface area contributed by atoms with E-state index in [0.29, 0.717) is 5.56 Å². The number of nitrogens with zero attached hydrogens (tertiary/aromatic N) is 1. The summed E-state index contributed by atoms with van der Waals surface area (Å²) in [5.41, 5.74) is 0.388. The van der Waals surface area contributed by atoms with Gasteiger partial charge in [0.1, 0.15) is 5.82 Å². The molecule has 0 atom stereocenters. The maximum absolute atomic E-state index is 13.2. The summed E-state index contributed by atoms with van der Waals surface area (Å²) in [6, 6.07) is 4.58. The fourth-order valence-electron chi connectivity index (χ4n) is 0.952. The second-order valence-electron chi connectivity index (χ2n) is 3.23. The van der Waals surface area contributed by atoms with Gasteiger partial charge in [-0.1, -0.05) is 15.9 Å². The van der Waals surface area contributed by atoms with E-state index in [0.717, 1.165) is 4.47 Å². The molecule has 1 aromatic rings. The monoisotopic (exact) mass is 271 g/mol. The largest absolute Gasteiger partial charge is 0.345 e. The molecule has 0 N–H and O–H groups in total. The first-order chi connectivity index (χ1) is 7.00. The Labute approximate surface area is 96.5 Å². The van der Waals surface area contributed by atoms with Crippen molar-refractivity contribution in [2.45, 2.75) is 0 Å². The second kappa shape index (κ2) is 5.07. The molecule has 0 fully saturated rings. The van der Waals surface area contributed by atoms with Gasteiger partial charge in [0.2, 0.25) is 5.91 Å². The summed E-state index contributed by atoms with van der Waals surface area (Å²) in [6.07, 6.45) is 2.80. The molecule has 1 aromatic carbocycles. The maximum Gasteiger partial charge on any atom is 0.246 e. The molecule has 4 heteroatoms. The molecular formula is C11H11BrFNO. The fraction of sp³-hybridized carbons (Fsp3) is 0.182. The highest BCUT2D eigenvalue weighted by atomic mass is 79.9. The van der Waals surface area contributed by atoms with Crippen molar-refractivity contribution in [2.24, 2.45) is 0 Å². The average Bonchev–Trinajstić information content (AvgIpc) is 2.18. The molecule has 80 valence electrons. The van der Waals surface area contributed by atoms with Crippen LogP contribution in [-0.4, -0.2) is 24.9 Å². The summed E-state index contributed by atoms with van der Waals surface area (Å²) >= 11 is 3.24. The number of halogens is 2. The quantitative estimate of drug-likeness (QED) is 0.758. The van der Waals surface area contributed by atoms with E-state index in [1.54, 1.807) is 26.2 Å². The zero-order valence-electron chi connectivity index (χ0n) is 8.50. The lowest BCUT2D eigenvalue weighted by molar-refractivity contribution is -0.123. The van der Waals surface area contributed by atoms with Gasteiger partial charge < -0.3 is 4.90 Å². The predicted molar refractivity (Wildman–Crippen MR) is 61.8 cm³/mol. The topological polar surface area (TPSA) is 20.3 Å². The summed E-state index contributed by atoms with van der Waals surface area (Å²) in [7, 11) is 3.29. The van der Waals surface area contributed by atoms with Gasteiger partial charge in [0.15, 0.2) is 0 Å². The number of likely N-dealkylation sites (N-methyl/N-ethyl adjacent to an activating group) is 1. The fourth-order valence-corrected chi connectivity index (χ4v) is 1.33. The molecule has 15 heavy (non-hydrogen) atoms. The van der Waals surface area contributed by atoms with Crippen molar-refractivity contribution in [3.63, 3.8) is 0 Å². The van der Waals surface area contributed by atoms with Crippen LogP contribution in [0.1, 0.15) is 5.56 Å². The Morgan fingerprint density at radius 2 is 2.13 bits per heavy atom. The molecule has 0 radical (unpaired) electrons. The molecule has 0 aromatic heterocycles. The Hall–Kier alpha value is -1.16. The summed E-state index contributed by atoms with van der Waals surface area (Å²) in [5.74, 6) is -0.518. The number of hydrogen-bond donors (Lipinski definition) is 0. The number of benzene rings is 1. The number of rotatable bonds is 2. The first-order valence-corrected chi connectivity index (χ1v) is 5.14. The standard InChI is InChI=1S/C11H11BrFNO/c1-14(2)11(15)6-3-8-7-9(12)4-5-10(8)13/h3-7H,1-2H3. The van der Waals surface area contributed by atoms with Crippen molar-refractivity contribution in [2.75, 3.05) is 14.1 Å². The lowest BCUT2D eigenvalue weighted by Crippen LogP contribution is -2.18. The van der Waals surface area contributed by atoms with Gasteiger partial charge in [-0.15, -0.1) is 0 Å². The Bertz CT molecular complexity index is 402. The van der Waals surface area contributed by atoms with Gasteiger partial charge in [0, 0.05) is 30.2 Å². The van der Waals surface area contributed by atoms with Crippen LogP contribution in [0, 0.1) is 5.82 Å². The van der Waals surface area contributed by atoms with Gasteiger partial charge in [-0.25, -0.2) is 4.39 Å². The van der Waals surface area contributed by atoms with Crippen LogP contribution in [0.2, 0.25) is 0 Å². The third kappa shape index (κ3) is 3.47. The minimum Gasteiger partial charge on any atom is -0.345 e. The summed E-state index contributed by atoms with van der Waals surface area (Å²) in [5, 5.41) is 0. The third-order valence-electron chi connectivity index (χ3n) is 1.80. The second-order valence-corrected chi connectivity index (χ2v) is 4.15. The minimum atomic E-state index is -0.346. The van der Waals surface area contributed by atoms with Crippen molar-refractivity contribution < 1.29 is 9.18 Å². The normalized spacial score (nSPS) is 10.7. The van der Waals surface area contributed by atoms with E-state index in [-0.39, 0.29) is 11.7 Å². The van der Waals surface area contributed by atoms with Crippen LogP contribution in [0.3, 0.4) is 0 Å². The molecular weight excluding hydrogens is 261 g/mol. The molecule has 0 spiro atoms.